The molecular formula is C21H18ClN3O3. The highest BCUT2D eigenvalue weighted by Crippen LogP contribution is 2.30. The van der Waals surface area contributed by atoms with Gasteiger partial charge in [0.2, 0.25) is 0 Å². The van der Waals surface area contributed by atoms with E-state index in [4.69, 9.17) is 16.3 Å². The van der Waals surface area contributed by atoms with Crippen molar-refractivity contribution in [1.29, 1.82) is 0 Å². The van der Waals surface area contributed by atoms with Gasteiger partial charge >= 0.3 is 5.97 Å². The molecule has 0 fully saturated rings. The largest absolute Gasteiger partial charge is 0.445 e. The summed E-state index contributed by atoms with van der Waals surface area (Å²) in [6.07, 6.45) is 0.297. The maximum atomic E-state index is 13.0. The van der Waals surface area contributed by atoms with Crippen LogP contribution in [0.4, 0.5) is 5.82 Å². The summed E-state index contributed by atoms with van der Waals surface area (Å²) in [4.78, 5) is 25.4. The zero-order valence-electron chi connectivity index (χ0n) is 15.4. The van der Waals surface area contributed by atoms with E-state index in [1.165, 1.54) is 0 Å². The maximum absolute atomic E-state index is 13.0. The van der Waals surface area contributed by atoms with E-state index in [1.54, 1.807) is 48.0 Å². The molecule has 0 bridgehead atoms. The van der Waals surface area contributed by atoms with Gasteiger partial charge in [-0.15, -0.1) is 0 Å². The first-order valence-corrected chi connectivity index (χ1v) is 9.19. The summed E-state index contributed by atoms with van der Waals surface area (Å²) in [6.45, 7) is 3.44. The quantitative estimate of drug-likeness (QED) is 0.681. The molecule has 6 nitrogen and oxygen atoms in total. The van der Waals surface area contributed by atoms with Crippen LogP contribution in [0.25, 0.3) is 5.69 Å². The molecule has 0 aliphatic carbocycles. The number of benzene rings is 2. The van der Waals surface area contributed by atoms with Gasteiger partial charge in [-0.3, -0.25) is 4.79 Å². The minimum atomic E-state index is -1.32. The van der Waals surface area contributed by atoms with Gasteiger partial charge in [-0.2, -0.15) is 5.10 Å². The summed E-state index contributed by atoms with van der Waals surface area (Å²) in [6, 6.07) is 16.1. The lowest BCUT2D eigenvalue weighted by Gasteiger charge is -2.33. The van der Waals surface area contributed by atoms with E-state index >= 15 is 0 Å². The molecule has 0 spiro atoms. The normalized spacial score (nSPS) is 18.3. The van der Waals surface area contributed by atoms with Crippen molar-refractivity contribution >= 4 is 29.3 Å². The van der Waals surface area contributed by atoms with E-state index in [0.717, 1.165) is 11.3 Å². The summed E-state index contributed by atoms with van der Waals surface area (Å²) < 4.78 is 7.10. The van der Waals surface area contributed by atoms with Crippen molar-refractivity contribution in [2.45, 2.75) is 25.9 Å². The number of rotatable bonds is 3. The van der Waals surface area contributed by atoms with Gasteiger partial charge in [0.1, 0.15) is 5.82 Å². The molecule has 4 rings (SSSR count). The summed E-state index contributed by atoms with van der Waals surface area (Å²) in [7, 11) is 0. The van der Waals surface area contributed by atoms with Crippen LogP contribution in [0.2, 0.25) is 5.02 Å². The van der Waals surface area contributed by atoms with Gasteiger partial charge in [0.05, 0.1) is 16.9 Å². The Morgan fingerprint density at radius 3 is 2.79 bits per heavy atom. The molecule has 2 heterocycles. The molecule has 142 valence electrons. The van der Waals surface area contributed by atoms with Gasteiger partial charge in [-0.25, -0.2) is 9.48 Å². The highest BCUT2D eigenvalue weighted by molar-refractivity contribution is 6.30. The van der Waals surface area contributed by atoms with Crippen LogP contribution < -0.4 is 5.32 Å². The van der Waals surface area contributed by atoms with Crippen LogP contribution in [0.1, 0.15) is 28.5 Å². The minimum absolute atomic E-state index is 0.297. The molecule has 7 heteroatoms. The average molecular weight is 396 g/mol. The summed E-state index contributed by atoms with van der Waals surface area (Å²) in [5, 5.41) is 7.84. The number of hydrogen-bond donors (Lipinski definition) is 1. The van der Waals surface area contributed by atoms with Crippen molar-refractivity contribution in [1.82, 2.24) is 9.78 Å². The lowest BCUT2D eigenvalue weighted by atomic mass is 9.89. The molecule has 3 aromatic rings. The number of aryl methyl sites for hydroxylation is 1. The first kappa shape index (κ1) is 18.3. The van der Waals surface area contributed by atoms with Crippen LogP contribution in [-0.4, -0.2) is 27.3 Å². The van der Waals surface area contributed by atoms with E-state index < -0.39 is 17.5 Å². The third-order valence-electron chi connectivity index (χ3n) is 4.69. The molecule has 1 aliphatic rings. The number of anilines is 1. The van der Waals surface area contributed by atoms with Gasteiger partial charge < -0.3 is 10.1 Å². The number of carbonyl (C=O) groups excluding carboxylic acids is 2. The Bertz CT molecular complexity index is 1090. The second-order valence-corrected chi connectivity index (χ2v) is 7.41. The third kappa shape index (κ3) is 3.27. The van der Waals surface area contributed by atoms with Crippen molar-refractivity contribution in [2.75, 3.05) is 5.32 Å². The molecule has 1 aromatic heterocycles. The van der Waals surface area contributed by atoms with Gasteiger partial charge in [0.25, 0.3) is 5.91 Å². The molecule has 0 radical (unpaired) electrons. The molecule has 1 aliphatic heterocycles. The number of amides is 1. The zero-order valence-corrected chi connectivity index (χ0v) is 16.2. The topological polar surface area (TPSA) is 73.2 Å². The molecule has 1 unspecified atom stereocenters. The summed E-state index contributed by atoms with van der Waals surface area (Å²) >= 11 is 6.08. The van der Waals surface area contributed by atoms with Crippen LogP contribution >= 0.6 is 11.6 Å². The van der Waals surface area contributed by atoms with Crippen molar-refractivity contribution in [2.24, 2.45) is 0 Å². The number of nitrogens with zero attached hydrogens (tertiary/aromatic N) is 2. The maximum Gasteiger partial charge on any atom is 0.339 e. The number of cyclic esters (lactones) is 1. The SMILES string of the molecule is Cc1cc(NC(=O)C2(C)Cc3ccccc3C(=O)O2)n(-c2cccc(Cl)c2)n1. The first-order chi connectivity index (χ1) is 13.4. The van der Waals surface area contributed by atoms with Crippen molar-refractivity contribution in [3.63, 3.8) is 0 Å². The van der Waals surface area contributed by atoms with E-state index in [1.807, 2.05) is 25.1 Å². The van der Waals surface area contributed by atoms with Crippen LogP contribution in [0.3, 0.4) is 0 Å². The number of fused-ring (bicyclic) bond motifs is 1. The molecule has 1 atom stereocenters. The Labute approximate surface area is 167 Å². The van der Waals surface area contributed by atoms with Crippen molar-refractivity contribution < 1.29 is 14.3 Å². The van der Waals surface area contributed by atoms with E-state index in [-0.39, 0.29) is 0 Å². The molecule has 1 N–H and O–H groups in total. The predicted octanol–water partition coefficient (Wildman–Crippen LogP) is 3.94. The second kappa shape index (κ2) is 6.80. The number of ether oxygens (including phenoxy) is 1. The predicted molar refractivity (Wildman–Crippen MR) is 106 cm³/mol. The molecular weight excluding hydrogens is 378 g/mol. The van der Waals surface area contributed by atoms with Gasteiger partial charge in [0.15, 0.2) is 5.60 Å². The molecule has 28 heavy (non-hydrogen) atoms. The zero-order chi connectivity index (χ0) is 19.9. The Balaban J connectivity index is 1.64. The number of halogens is 1. The number of aromatic nitrogens is 2. The second-order valence-electron chi connectivity index (χ2n) is 6.97. The highest BCUT2D eigenvalue weighted by atomic mass is 35.5. The fourth-order valence-corrected chi connectivity index (χ4v) is 3.49. The van der Waals surface area contributed by atoms with Crippen molar-refractivity contribution in [3.8, 4) is 5.69 Å². The van der Waals surface area contributed by atoms with E-state index in [0.29, 0.717) is 28.5 Å². The van der Waals surface area contributed by atoms with Gasteiger partial charge in [-0.05, 0) is 43.7 Å². The minimum Gasteiger partial charge on any atom is -0.445 e. The average Bonchev–Trinajstić information content (AvgIpc) is 3.02. The number of hydrogen-bond acceptors (Lipinski definition) is 4. The number of esters is 1. The van der Waals surface area contributed by atoms with Crippen LogP contribution in [0.5, 0.6) is 0 Å². The fourth-order valence-electron chi connectivity index (χ4n) is 3.30. The lowest BCUT2D eigenvalue weighted by Crippen LogP contribution is -2.49. The lowest BCUT2D eigenvalue weighted by molar-refractivity contribution is -0.134. The smallest absolute Gasteiger partial charge is 0.339 e. The number of carbonyl (C=O) groups is 2. The van der Waals surface area contributed by atoms with Gasteiger partial charge in [-0.1, -0.05) is 35.9 Å². The van der Waals surface area contributed by atoms with Gasteiger partial charge in [0, 0.05) is 17.5 Å². The Kier molecular flexibility index (Phi) is 4.43. The molecule has 0 saturated heterocycles. The fraction of sp³-hybridized carbons (Fsp3) is 0.190. The van der Waals surface area contributed by atoms with Crippen LogP contribution in [-0.2, 0) is 16.0 Å². The molecule has 2 aromatic carbocycles. The Hall–Kier alpha value is -3.12. The Morgan fingerprint density at radius 1 is 1.21 bits per heavy atom. The standard InChI is InChI=1S/C21H18ClN3O3/c1-13-10-18(25(24-13)16-8-5-7-15(22)11-16)23-20(27)21(2)12-14-6-3-4-9-17(14)19(26)28-21/h3-11H,12H2,1-2H3,(H,23,27). The monoisotopic (exact) mass is 395 g/mol. The van der Waals surface area contributed by atoms with E-state index in [2.05, 4.69) is 10.4 Å². The summed E-state index contributed by atoms with van der Waals surface area (Å²) in [5.41, 5.74) is 1.41. The molecule has 0 saturated carbocycles. The Morgan fingerprint density at radius 2 is 2.00 bits per heavy atom. The highest BCUT2D eigenvalue weighted by Gasteiger charge is 2.43. The summed E-state index contributed by atoms with van der Waals surface area (Å²) in [5.74, 6) is -0.446. The third-order valence-corrected chi connectivity index (χ3v) is 4.92. The van der Waals surface area contributed by atoms with Crippen molar-refractivity contribution in [3.05, 3.63) is 76.4 Å². The van der Waals surface area contributed by atoms with E-state index in [9.17, 15) is 9.59 Å². The number of nitrogens with one attached hydrogen (secondary N) is 1. The van der Waals surface area contributed by atoms with Crippen LogP contribution in [0, 0.1) is 6.92 Å². The molecule has 1 amide bonds. The first-order valence-electron chi connectivity index (χ1n) is 8.81. The van der Waals surface area contributed by atoms with Crippen LogP contribution in [0.15, 0.2) is 54.6 Å².